The molecule has 0 unspecified atom stereocenters. The molecule has 62 heavy (non-hydrogen) atoms. The van der Waals surface area contributed by atoms with Gasteiger partial charge in [0.05, 0.1) is 22.7 Å². The first-order chi connectivity index (χ1) is 30.0. The van der Waals surface area contributed by atoms with Crippen molar-refractivity contribution in [3.05, 3.63) is 214 Å². The van der Waals surface area contributed by atoms with Crippen LogP contribution < -0.4 is 42.6 Å². The highest BCUT2D eigenvalue weighted by atomic mass is 15.2. The SMILES string of the molecule is Cc1cc(N2c3ccccc3C(C)(C)c3ccccc32)cc(C)c1B1c2ccccc2B(c2c(C)cc(N3c4ccccc4C(C)(C)c4ccccc43)cc2C)c2ccccc21. The molecule has 11 rings (SSSR count). The fourth-order valence-corrected chi connectivity index (χ4v) is 12.0. The smallest absolute Gasteiger partial charge is 0.240 e. The van der Waals surface area contributed by atoms with E-state index in [0.29, 0.717) is 0 Å². The molecule has 8 aromatic rings. The van der Waals surface area contributed by atoms with Crippen molar-refractivity contribution in [2.45, 2.75) is 66.2 Å². The average molecular weight is 799 g/mol. The van der Waals surface area contributed by atoms with Crippen LogP contribution in [0.4, 0.5) is 34.1 Å². The molecule has 0 saturated carbocycles. The molecule has 4 heteroatoms. The topological polar surface area (TPSA) is 6.48 Å². The molecule has 0 N–H and O–H groups in total. The zero-order valence-electron chi connectivity index (χ0n) is 37.2. The normalized spacial score (nSPS) is 15.2. The third-order valence-electron chi connectivity index (χ3n) is 14.8. The van der Waals surface area contributed by atoms with Gasteiger partial charge in [-0.05, 0) is 98.5 Å². The van der Waals surface area contributed by atoms with Gasteiger partial charge in [-0.1, -0.05) is 204 Å². The van der Waals surface area contributed by atoms with E-state index in [1.807, 2.05) is 0 Å². The Morgan fingerprint density at radius 2 is 0.548 bits per heavy atom. The van der Waals surface area contributed by atoms with E-state index in [-0.39, 0.29) is 24.3 Å². The van der Waals surface area contributed by atoms with Crippen LogP contribution in [0, 0.1) is 27.7 Å². The molecule has 0 saturated heterocycles. The van der Waals surface area contributed by atoms with Crippen molar-refractivity contribution in [2.75, 3.05) is 9.80 Å². The number of aryl methyl sites for hydroxylation is 4. The summed E-state index contributed by atoms with van der Waals surface area (Å²) in [5, 5.41) is 0. The fraction of sp³-hybridized carbons (Fsp3) is 0.172. The van der Waals surface area contributed by atoms with E-state index in [0.717, 1.165) is 0 Å². The first-order valence-corrected chi connectivity index (χ1v) is 22.3. The number of nitrogens with zero attached hydrogens (tertiary/aromatic N) is 2. The lowest BCUT2D eigenvalue weighted by Gasteiger charge is -2.42. The van der Waals surface area contributed by atoms with Crippen molar-refractivity contribution >= 4 is 80.3 Å². The van der Waals surface area contributed by atoms with Crippen LogP contribution in [0.15, 0.2) is 170 Å². The van der Waals surface area contributed by atoms with Crippen molar-refractivity contribution in [2.24, 2.45) is 0 Å². The minimum atomic E-state index is -0.0988. The highest BCUT2D eigenvalue weighted by Gasteiger charge is 2.42. The second-order valence-electron chi connectivity index (χ2n) is 19.1. The highest BCUT2D eigenvalue weighted by molar-refractivity contribution is 7.11. The van der Waals surface area contributed by atoms with Crippen LogP contribution in [0.3, 0.4) is 0 Å². The van der Waals surface area contributed by atoms with E-state index in [9.17, 15) is 0 Å². The number of para-hydroxylation sites is 4. The van der Waals surface area contributed by atoms with Crippen LogP contribution in [-0.2, 0) is 10.8 Å². The lowest BCUT2D eigenvalue weighted by molar-refractivity contribution is 0.631. The lowest BCUT2D eigenvalue weighted by atomic mass is 9.20. The third kappa shape index (κ3) is 5.51. The minimum Gasteiger partial charge on any atom is -0.310 e. The van der Waals surface area contributed by atoms with Gasteiger partial charge < -0.3 is 9.80 Å². The molecule has 0 aliphatic carbocycles. The molecule has 2 nitrogen and oxygen atoms in total. The van der Waals surface area contributed by atoms with Crippen LogP contribution in [0.2, 0.25) is 0 Å². The Morgan fingerprint density at radius 1 is 0.323 bits per heavy atom. The molecular formula is C58H52B2N2. The summed E-state index contributed by atoms with van der Waals surface area (Å²) in [6.45, 7) is 19.0. The van der Waals surface area contributed by atoms with Gasteiger partial charge in [0.25, 0.3) is 0 Å². The fourth-order valence-electron chi connectivity index (χ4n) is 12.0. The van der Waals surface area contributed by atoms with Gasteiger partial charge in [-0.3, -0.25) is 0 Å². The largest absolute Gasteiger partial charge is 0.310 e. The maximum Gasteiger partial charge on any atom is 0.240 e. The van der Waals surface area contributed by atoms with Gasteiger partial charge in [-0.2, -0.15) is 0 Å². The van der Waals surface area contributed by atoms with Crippen LogP contribution in [0.1, 0.15) is 72.2 Å². The van der Waals surface area contributed by atoms with E-state index < -0.39 is 0 Å². The van der Waals surface area contributed by atoms with Crippen LogP contribution in [-0.4, -0.2) is 13.4 Å². The predicted molar refractivity (Wildman–Crippen MR) is 268 cm³/mol. The van der Waals surface area contributed by atoms with Gasteiger partial charge in [0.2, 0.25) is 13.4 Å². The Kier molecular flexibility index (Phi) is 8.68. The molecule has 3 heterocycles. The Labute approximate surface area is 369 Å². The number of hydrogen-bond donors (Lipinski definition) is 0. The van der Waals surface area contributed by atoms with Gasteiger partial charge in [-0.15, -0.1) is 0 Å². The van der Waals surface area contributed by atoms with Crippen LogP contribution in [0.25, 0.3) is 0 Å². The number of fused-ring (bicyclic) bond motifs is 6. The maximum atomic E-state index is 2.50. The van der Waals surface area contributed by atoms with Crippen molar-refractivity contribution in [3.63, 3.8) is 0 Å². The first-order valence-electron chi connectivity index (χ1n) is 22.3. The summed E-state index contributed by atoms with van der Waals surface area (Å²) in [7, 11) is 0. The van der Waals surface area contributed by atoms with Crippen molar-refractivity contribution in [1.82, 2.24) is 0 Å². The summed E-state index contributed by atoms with van der Waals surface area (Å²) in [6.07, 6.45) is 0. The summed E-state index contributed by atoms with van der Waals surface area (Å²) in [4.78, 5) is 4.99. The second-order valence-corrected chi connectivity index (χ2v) is 19.1. The number of anilines is 6. The minimum absolute atomic E-state index is 0.0988. The van der Waals surface area contributed by atoms with Gasteiger partial charge in [0.1, 0.15) is 0 Å². The summed E-state index contributed by atoms with van der Waals surface area (Å²) in [5.41, 5.74) is 26.3. The molecule has 0 bridgehead atoms. The summed E-state index contributed by atoms with van der Waals surface area (Å²) >= 11 is 0. The van der Waals surface area contributed by atoms with Gasteiger partial charge in [0, 0.05) is 22.2 Å². The third-order valence-corrected chi connectivity index (χ3v) is 14.8. The Balaban J connectivity index is 1.04. The van der Waals surface area contributed by atoms with Gasteiger partial charge in [-0.25, -0.2) is 0 Å². The molecule has 0 radical (unpaired) electrons. The van der Waals surface area contributed by atoms with Gasteiger partial charge in [0.15, 0.2) is 0 Å². The quantitative estimate of drug-likeness (QED) is 0.164. The first kappa shape index (κ1) is 38.4. The second kappa shape index (κ2) is 14.0. The molecule has 3 aliphatic heterocycles. The lowest BCUT2D eigenvalue weighted by Crippen LogP contribution is -2.75. The van der Waals surface area contributed by atoms with Crippen molar-refractivity contribution in [1.29, 1.82) is 0 Å². The summed E-state index contributed by atoms with van der Waals surface area (Å²) in [6, 6.07) is 64.2. The molecule has 0 amide bonds. The molecule has 0 atom stereocenters. The predicted octanol–water partition coefficient (Wildman–Crippen LogP) is 10.5. The monoisotopic (exact) mass is 798 g/mol. The average Bonchev–Trinajstić information content (AvgIpc) is 3.27. The molecule has 0 fully saturated rings. The Hall–Kier alpha value is -6.51. The number of benzene rings is 8. The van der Waals surface area contributed by atoms with E-state index in [2.05, 4.69) is 235 Å². The Bertz CT molecular complexity index is 2720. The molecule has 0 aromatic heterocycles. The zero-order valence-corrected chi connectivity index (χ0v) is 37.2. The van der Waals surface area contributed by atoms with E-state index in [1.165, 1.54) is 111 Å². The highest BCUT2D eigenvalue weighted by Crippen LogP contribution is 2.53. The van der Waals surface area contributed by atoms with Crippen LogP contribution in [0.5, 0.6) is 0 Å². The van der Waals surface area contributed by atoms with E-state index in [4.69, 9.17) is 0 Å². The molecule has 300 valence electrons. The van der Waals surface area contributed by atoms with Crippen molar-refractivity contribution < 1.29 is 0 Å². The number of hydrogen-bond acceptors (Lipinski definition) is 2. The molecule has 0 spiro atoms. The zero-order chi connectivity index (χ0) is 42.7. The summed E-state index contributed by atoms with van der Waals surface area (Å²) in [5.74, 6) is 0. The standard InChI is InChI=1S/C58H52B2N2/c1-37-33-41(61-51-29-17-9-21-43(51)57(5,6)44-22-10-18-30-52(44)61)34-38(2)55(37)59-47-25-13-15-27-49(47)60(50-28-16-14-26-48(50)59)56-39(3)35-42(36-40(56)4)62-53-31-19-11-23-45(53)58(7,8)46-24-12-20-32-54(46)62/h9-36H,1-8H3. The van der Waals surface area contributed by atoms with E-state index >= 15 is 0 Å². The maximum absolute atomic E-state index is 2.50. The molecular weight excluding hydrogens is 746 g/mol. The Morgan fingerprint density at radius 3 is 0.806 bits per heavy atom. The number of rotatable bonds is 4. The van der Waals surface area contributed by atoms with Crippen molar-refractivity contribution in [3.8, 4) is 0 Å². The van der Waals surface area contributed by atoms with Crippen LogP contribution >= 0.6 is 0 Å². The van der Waals surface area contributed by atoms with Gasteiger partial charge >= 0.3 is 0 Å². The summed E-state index contributed by atoms with van der Waals surface area (Å²) < 4.78 is 0. The molecule has 3 aliphatic rings. The van der Waals surface area contributed by atoms with E-state index in [1.54, 1.807) is 0 Å². The molecule has 8 aromatic carbocycles.